The molecule has 186 valence electrons. The number of benzene rings is 2. The molecule has 2 aromatic carbocycles. The standard InChI is InChI=1S/C25H28N2O7S/c1-17-3-5-18(6-4-17)22-21(24(29)25(30)27(22)13-14-33-2)23(28)19-7-9-20(10-8-19)35(31,32)26-11-15-34-16-12-26/h3-10,22,28H,11-16H2,1-2H3. The van der Waals surface area contributed by atoms with Crippen LogP contribution in [0.1, 0.15) is 22.7 Å². The zero-order valence-corrected chi connectivity index (χ0v) is 20.5. The molecule has 0 aliphatic carbocycles. The van der Waals surface area contributed by atoms with Gasteiger partial charge in [-0.1, -0.05) is 29.8 Å². The number of methoxy groups -OCH3 is 1. The van der Waals surface area contributed by atoms with E-state index in [1.807, 2.05) is 31.2 Å². The number of ketones is 1. The molecular weight excluding hydrogens is 472 g/mol. The van der Waals surface area contributed by atoms with Crippen LogP contribution in [0.5, 0.6) is 0 Å². The van der Waals surface area contributed by atoms with Crippen molar-refractivity contribution in [1.82, 2.24) is 9.21 Å². The molecule has 2 fully saturated rings. The van der Waals surface area contributed by atoms with Gasteiger partial charge in [0, 0.05) is 32.3 Å². The number of Topliss-reactive ketones (excluding diaryl/α,β-unsaturated/α-hetero) is 1. The fourth-order valence-electron chi connectivity index (χ4n) is 4.27. The van der Waals surface area contributed by atoms with E-state index in [9.17, 15) is 23.1 Å². The molecule has 0 spiro atoms. The Balaban J connectivity index is 1.73. The van der Waals surface area contributed by atoms with Crippen LogP contribution in [0.2, 0.25) is 0 Å². The first kappa shape index (κ1) is 25.1. The van der Waals surface area contributed by atoms with Crippen molar-refractivity contribution in [3.8, 4) is 0 Å². The van der Waals surface area contributed by atoms with Gasteiger partial charge in [0.2, 0.25) is 10.0 Å². The van der Waals surface area contributed by atoms with E-state index >= 15 is 0 Å². The molecule has 2 aromatic rings. The molecule has 2 aliphatic rings. The fourth-order valence-corrected chi connectivity index (χ4v) is 5.68. The highest BCUT2D eigenvalue weighted by atomic mass is 32.2. The van der Waals surface area contributed by atoms with Crippen molar-refractivity contribution >= 4 is 27.5 Å². The number of hydrogen-bond acceptors (Lipinski definition) is 7. The van der Waals surface area contributed by atoms with E-state index in [0.717, 1.165) is 5.56 Å². The van der Waals surface area contributed by atoms with Crippen molar-refractivity contribution < 1.29 is 32.6 Å². The molecule has 0 radical (unpaired) electrons. The Morgan fingerprint density at radius 3 is 2.29 bits per heavy atom. The lowest BCUT2D eigenvalue weighted by molar-refractivity contribution is -0.140. The third kappa shape index (κ3) is 4.87. The molecule has 10 heteroatoms. The highest BCUT2D eigenvalue weighted by Gasteiger charge is 2.45. The van der Waals surface area contributed by atoms with Crippen LogP contribution >= 0.6 is 0 Å². The molecule has 0 bridgehead atoms. The average molecular weight is 501 g/mol. The molecule has 9 nitrogen and oxygen atoms in total. The van der Waals surface area contributed by atoms with E-state index in [-0.39, 0.29) is 48.0 Å². The van der Waals surface area contributed by atoms with Crippen LogP contribution in [0.3, 0.4) is 0 Å². The van der Waals surface area contributed by atoms with Crippen LogP contribution in [0.15, 0.2) is 59.0 Å². The zero-order chi connectivity index (χ0) is 25.2. The van der Waals surface area contributed by atoms with Crippen molar-refractivity contribution in [2.24, 2.45) is 0 Å². The number of aliphatic hydroxyl groups excluding tert-OH is 1. The first-order valence-electron chi connectivity index (χ1n) is 11.3. The van der Waals surface area contributed by atoms with Crippen molar-refractivity contribution in [3.05, 3.63) is 70.8 Å². The molecule has 1 N–H and O–H groups in total. The predicted molar refractivity (Wildman–Crippen MR) is 128 cm³/mol. The highest BCUT2D eigenvalue weighted by molar-refractivity contribution is 7.89. The number of amides is 1. The summed E-state index contributed by atoms with van der Waals surface area (Å²) in [5.74, 6) is -1.88. The van der Waals surface area contributed by atoms with Gasteiger partial charge in [-0.15, -0.1) is 0 Å². The molecule has 2 aliphatic heterocycles. The van der Waals surface area contributed by atoms with Gasteiger partial charge in [0.05, 0.1) is 36.3 Å². The number of likely N-dealkylation sites (tertiary alicyclic amines) is 1. The third-order valence-electron chi connectivity index (χ3n) is 6.20. The second-order valence-corrected chi connectivity index (χ2v) is 10.4. The van der Waals surface area contributed by atoms with Crippen molar-refractivity contribution in [3.63, 3.8) is 0 Å². The van der Waals surface area contributed by atoms with Crippen LogP contribution < -0.4 is 0 Å². The summed E-state index contributed by atoms with van der Waals surface area (Å²) in [6, 6.07) is 12.3. The summed E-state index contributed by atoms with van der Waals surface area (Å²) in [4.78, 5) is 27.3. The molecule has 1 unspecified atom stereocenters. The molecule has 1 atom stereocenters. The predicted octanol–water partition coefficient (Wildman–Crippen LogP) is 2.08. The first-order chi connectivity index (χ1) is 16.8. The second kappa shape index (κ2) is 10.3. The summed E-state index contributed by atoms with van der Waals surface area (Å²) in [6.45, 7) is 3.53. The highest BCUT2D eigenvalue weighted by Crippen LogP contribution is 2.39. The summed E-state index contributed by atoms with van der Waals surface area (Å²) >= 11 is 0. The van der Waals surface area contributed by atoms with Crippen molar-refractivity contribution in [2.45, 2.75) is 17.9 Å². The van der Waals surface area contributed by atoms with Crippen LogP contribution in [-0.2, 0) is 29.1 Å². The van der Waals surface area contributed by atoms with Gasteiger partial charge in [0.25, 0.3) is 11.7 Å². The quantitative estimate of drug-likeness (QED) is 0.352. The molecule has 35 heavy (non-hydrogen) atoms. The number of nitrogens with zero attached hydrogens (tertiary/aromatic N) is 2. The maximum atomic E-state index is 13.0. The molecular formula is C25H28N2O7S. The van der Waals surface area contributed by atoms with Gasteiger partial charge in [-0.25, -0.2) is 8.42 Å². The Bertz CT molecular complexity index is 1230. The maximum Gasteiger partial charge on any atom is 0.295 e. The van der Waals surface area contributed by atoms with Gasteiger partial charge in [0.1, 0.15) is 5.76 Å². The first-order valence-corrected chi connectivity index (χ1v) is 12.7. The van der Waals surface area contributed by atoms with Crippen LogP contribution in [-0.4, -0.2) is 81.0 Å². The Morgan fingerprint density at radius 2 is 1.69 bits per heavy atom. The number of morpholine rings is 1. The lowest BCUT2D eigenvalue weighted by Gasteiger charge is -2.26. The number of sulfonamides is 1. The molecule has 2 heterocycles. The molecule has 0 saturated carbocycles. The van der Waals surface area contributed by atoms with E-state index in [2.05, 4.69) is 0 Å². The van der Waals surface area contributed by atoms with Crippen LogP contribution in [0, 0.1) is 6.92 Å². The number of carbonyl (C=O) groups is 2. The van der Waals surface area contributed by atoms with E-state index in [1.165, 1.54) is 40.6 Å². The molecule has 1 amide bonds. The summed E-state index contributed by atoms with van der Waals surface area (Å²) in [6.07, 6.45) is 0. The maximum absolute atomic E-state index is 13.0. The Kier molecular flexibility index (Phi) is 7.36. The lowest BCUT2D eigenvalue weighted by atomic mass is 9.95. The molecule has 0 aromatic heterocycles. The van der Waals surface area contributed by atoms with E-state index in [0.29, 0.717) is 18.8 Å². The summed E-state index contributed by atoms with van der Waals surface area (Å²) in [7, 11) is -2.20. The smallest absolute Gasteiger partial charge is 0.295 e. The number of hydrogen-bond donors (Lipinski definition) is 1. The summed E-state index contributed by atoms with van der Waals surface area (Å²) < 4.78 is 37.5. The van der Waals surface area contributed by atoms with Crippen molar-refractivity contribution in [2.75, 3.05) is 46.6 Å². The minimum atomic E-state index is -3.71. The number of aliphatic hydroxyl groups is 1. The number of aryl methyl sites for hydroxylation is 1. The van der Waals surface area contributed by atoms with Gasteiger partial charge >= 0.3 is 0 Å². The van der Waals surface area contributed by atoms with E-state index in [4.69, 9.17) is 9.47 Å². The Morgan fingerprint density at radius 1 is 1.06 bits per heavy atom. The zero-order valence-electron chi connectivity index (χ0n) is 19.6. The SMILES string of the molecule is COCCN1C(=O)C(=O)C(=C(O)c2ccc(S(=O)(=O)N3CCOCC3)cc2)C1c1ccc(C)cc1. The van der Waals surface area contributed by atoms with Gasteiger partial charge in [0.15, 0.2) is 0 Å². The van der Waals surface area contributed by atoms with Gasteiger partial charge in [-0.05, 0) is 36.8 Å². The largest absolute Gasteiger partial charge is 0.507 e. The second-order valence-electron chi connectivity index (χ2n) is 8.44. The van der Waals surface area contributed by atoms with Crippen LogP contribution in [0.25, 0.3) is 5.76 Å². The third-order valence-corrected chi connectivity index (χ3v) is 8.12. The Hall–Kier alpha value is -3.05. The van der Waals surface area contributed by atoms with Crippen LogP contribution in [0.4, 0.5) is 0 Å². The molecule has 2 saturated heterocycles. The normalized spacial score (nSPS) is 21.0. The number of rotatable bonds is 7. The van der Waals surface area contributed by atoms with Gasteiger partial charge in [-0.2, -0.15) is 4.31 Å². The summed E-state index contributed by atoms with van der Waals surface area (Å²) in [5, 5.41) is 11.2. The minimum Gasteiger partial charge on any atom is -0.507 e. The van der Waals surface area contributed by atoms with E-state index < -0.39 is 27.8 Å². The average Bonchev–Trinajstić information content (AvgIpc) is 3.13. The monoisotopic (exact) mass is 500 g/mol. The number of carbonyl (C=O) groups excluding carboxylic acids is 2. The topological polar surface area (TPSA) is 113 Å². The number of ether oxygens (including phenoxy) is 2. The summed E-state index contributed by atoms with van der Waals surface area (Å²) in [5.41, 5.74) is 1.89. The van der Waals surface area contributed by atoms with Gasteiger partial charge < -0.3 is 19.5 Å². The molecule has 4 rings (SSSR count). The minimum absolute atomic E-state index is 0.0428. The van der Waals surface area contributed by atoms with Gasteiger partial charge in [-0.3, -0.25) is 9.59 Å². The lowest BCUT2D eigenvalue weighted by Crippen LogP contribution is -2.40. The van der Waals surface area contributed by atoms with Crippen molar-refractivity contribution in [1.29, 1.82) is 0 Å². The fraction of sp³-hybridized carbons (Fsp3) is 0.360. The Labute approximate surface area is 204 Å². The van der Waals surface area contributed by atoms with E-state index in [1.54, 1.807) is 0 Å².